The molecule has 0 spiro atoms. The molecule has 0 amide bonds. The van der Waals surface area contributed by atoms with E-state index in [4.69, 9.17) is 13.7 Å². The van der Waals surface area contributed by atoms with E-state index in [1.807, 2.05) is 0 Å². The van der Waals surface area contributed by atoms with Crippen LogP contribution < -0.4 is 9.08 Å². The molecular weight excluding hydrogens is 506 g/mol. The Kier molecular flexibility index (Phi) is 7.50. The average molecular weight is 528 g/mol. The molecular formula is C21H21NO11S2. The molecule has 12 nitrogen and oxygen atoms in total. The zero-order valence-electron chi connectivity index (χ0n) is 18.7. The van der Waals surface area contributed by atoms with Gasteiger partial charge in [0.1, 0.15) is 28.0 Å². The number of anilines is 1. The average Bonchev–Trinajstić information content (AvgIpc) is 2.82. The predicted octanol–water partition coefficient (Wildman–Crippen LogP) is 1.40. The fraction of sp³-hybridized carbons (Fsp3) is 0.238. The van der Waals surface area contributed by atoms with Crippen molar-refractivity contribution >= 4 is 37.9 Å². The predicted molar refractivity (Wildman–Crippen MR) is 120 cm³/mol. The smallest absolute Gasteiger partial charge is 0.355 e. The van der Waals surface area contributed by atoms with Crippen molar-refractivity contribution in [3.63, 3.8) is 0 Å². The summed E-state index contributed by atoms with van der Waals surface area (Å²) in [4.78, 5) is 24.6. The Morgan fingerprint density at radius 3 is 2.17 bits per heavy atom. The number of hydrogen-bond acceptors (Lipinski definition) is 11. The van der Waals surface area contributed by atoms with Crippen molar-refractivity contribution < 1.29 is 49.4 Å². The van der Waals surface area contributed by atoms with Crippen molar-refractivity contribution in [2.45, 2.75) is 16.7 Å². The first-order valence-electron chi connectivity index (χ1n) is 9.77. The number of carbonyl (C=O) groups is 2. The summed E-state index contributed by atoms with van der Waals surface area (Å²) in [5, 5.41) is 0. The van der Waals surface area contributed by atoms with Crippen molar-refractivity contribution in [3.05, 3.63) is 59.3 Å². The highest BCUT2D eigenvalue weighted by molar-refractivity contribution is 7.87. The second kappa shape index (κ2) is 10.0. The molecule has 1 N–H and O–H groups in total. The number of rotatable bonds is 7. The summed E-state index contributed by atoms with van der Waals surface area (Å²) in [6, 6.07) is 8.69. The van der Waals surface area contributed by atoms with E-state index in [1.165, 1.54) is 12.1 Å². The lowest BCUT2D eigenvalue weighted by atomic mass is 10.1. The molecule has 0 fully saturated rings. The molecule has 0 unspecified atom stereocenters. The maximum atomic E-state index is 12.6. The van der Waals surface area contributed by atoms with Gasteiger partial charge in [-0.15, -0.1) is 0 Å². The van der Waals surface area contributed by atoms with Crippen LogP contribution in [0.4, 0.5) is 5.69 Å². The lowest BCUT2D eigenvalue weighted by Crippen LogP contribution is -2.39. The van der Waals surface area contributed by atoms with Crippen LogP contribution in [0, 0.1) is 6.92 Å². The molecule has 0 atom stereocenters. The molecule has 0 saturated carbocycles. The zero-order chi connectivity index (χ0) is 26.0. The number of nitrogens with zero attached hydrogens (tertiary/aromatic N) is 1. The number of benzene rings is 2. The van der Waals surface area contributed by atoms with Crippen molar-refractivity contribution in [2.75, 3.05) is 32.5 Å². The van der Waals surface area contributed by atoms with E-state index in [-0.39, 0.29) is 28.5 Å². The second-order valence-electron chi connectivity index (χ2n) is 7.17. The van der Waals surface area contributed by atoms with E-state index in [9.17, 15) is 31.0 Å². The van der Waals surface area contributed by atoms with Crippen LogP contribution in [0.15, 0.2) is 63.5 Å². The SMILES string of the molecule is COC(=O)C1=C(C(=O)OC)N(c2ccc(OS(=O)(=O)c3ccc(C)cc3)cc2S(=O)(=O)O)COC1. The van der Waals surface area contributed by atoms with Crippen LogP contribution in [0.5, 0.6) is 5.75 Å². The van der Waals surface area contributed by atoms with Gasteiger partial charge in [0.05, 0.1) is 32.1 Å². The van der Waals surface area contributed by atoms with Gasteiger partial charge in [-0.05, 0) is 31.2 Å². The normalized spacial score (nSPS) is 14.5. The number of aryl methyl sites for hydroxylation is 1. The van der Waals surface area contributed by atoms with Gasteiger partial charge in [0.2, 0.25) is 0 Å². The molecule has 0 aliphatic carbocycles. The van der Waals surface area contributed by atoms with Crippen LogP contribution in [-0.4, -0.2) is 60.9 Å². The number of methoxy groups -OCH3 is 2. The quantitative estimate of drug-likeness (QED) is 0.313. The minimum atomic E-state index is -4.99. The molecule has 0 radical (unpaired) electrons. The van der Waals surface area contributed by atoms with Gasteiger partial charge in [-0.3, -0.25) is 4.55 Å². The van der Waals surface area contributed by atoms with Gasteiger partial charge in [-0.25, -0.2) is 9.59 Å². The third kappa shape index (κ3) is 5.62. The molecule has 1 aliphatic rings. The summed E-state index contributed by atoms with van der Waals surface area (Å²) in [5.41, 5.74) is -0.133. The third-order valence-corrected chi connectivity index (χ3v) is 6.99. The first kappa shape index (κ1) is 26.2. The van der Waals surface area contributed by atoms with Gasteiger partial charge in [-0.2, -0.15) is 16.8 Å². The Morgan fingerprint density at radius 1 is 0.971 bits per heavy atom. The van der Waals surface area contributed by atoms with Crippen LogP contribution in [0.25, 0.3) is 0 Å². The minimum Gasteiger partial charge on any atom is -0.466 e. The van der Waals surface area contributed by atoms with Crippen LogP contribution >= 0.6 is 0 Å². The van der Waals surface area contributed by atoms with Crippen molar-refractivity contribution in [1.29, 1.82) is 0 Å². The topological polar surface area (TPSA) is 163 Å². The van der Waals surface area contributed by atoms with Crippen LogP contribution in [-0.2, 0) is 44.0 Å². The number of esters is 2. The first-order chi connectivity index (χ1) is 16.4. The molecule has 2 aromatic rings. The van der Waals surface area contributed by atoms with Crippen LogP contribution in [0.2, 0.25) is 0 Å². The lowest BCUT2D eigenvalue weighted by molar-refractivity contribution is -0.140. The maximum absolute atomic E-state index is 12.6. The molecule has 1 aliphatic heterocycles. The maximum Gasteiger partial charge on any atom is 0.355 e. The van der Waals surface area contributed by atoms with Gasteiger partial charge in [-0.1, -0.05) is 17.7 Å². The highest BCUT2D eigenvalue weighted by atomic mass is 32.2. The molecule has 0 bridgehead atoms. The van der Waals surface area contributed by atoms with E-state index < -0.39 is 49.6 Å². The third-order valence-electron chi connectivity index (χ3n) is 4.85. The molecule has 0 saturated heterocycles. The van der Waals surface area contributed by atoms with Gasteiger partial charge >= 0.3 is 22.1 Å². The Balaban J connectivity index is 2.12. The number of hydrogen-bond donors (Lipinski definition) is 1. The van der Waals surface area contributed by atoms with E-state index in [0.29, 0.717) is 0 Å². The van der Waals surface area contributed by atoms with Crippen molar-refractivity contribution in [3.8, 4) is 5.75 Å². The molecule has 2 aromatic carbocycles. The zero-order valence-corrected chi connectivity index (χ0v) is 20.4. The van der Waals surface area contributed by atoms with E-state index in [0.717, 1.165) is 42.9 Å². The number of ether oxygens (including phenoxy) is 3. The minimum absolute atomic E-state index is 0.177. The summed E-state index contributed by atoms with van der Waals surface area (Å²) in [7, 11) is -7.21. The fourth-order valence-electron chi connectivity index (χ4n) is 3.19. The molecule has 3 rings (SSSR count). The summed E-state index contributed by atoms with van der Waals surface area (Å²) in [6.07, 6.45) is 0. The second-order valence-corrected chi connectivity index (χ2v) is 10.1. The largest absolute Gasteiger partial charge is 0.466 e. The van der Waals surface area contributed by atoms with Gasteiger partial charge < -0.3 is 23.3 Å². The summed E-state index contributed by atoms with van der Waals surface area (Å²) >= 11 is 0. The van der Waals surface area contributed by atoms with E-state index >= 15 is 0 Å². The van der Waals surface area contributed by atoms with Gasteiger partial charge in [0.25, 0.3) is 10.1 Å². The lowest BCUT2D eigenvalue weighted by Gasteiger charge is -2.32. The highest BCUT2D eigenvalue weighted by Gasteiger charge is 2.35. The molecule has 1 heterocycles. The Bertz CT molecular complexity index is 1400. The molecule has 188 valence electrons. The summed E-state index contributed by atoms with van der Waals surface area (Å²) < 4.78 is 79.2. The monoisotopic (exact) mass is 527 g/mol. The van der Waals surface area contributed by atoms with Gasteiger partial charge in [0, 0.05) is 6.07 Å². The fourth-order valence-corrected chi connectivity index (χ4v) is 4.82. The van der Waals surface area contributed by atoms with E-state index in [1.54, 1.807) is 19.1 Å². The summed E-state index contributed by atoms with van der Waals surface area (Å²) in [5.74, 6) is -2.36. The Labute approximate surface area is 201 Å². The van der Waals surface area contributed by atoms with E-state index in [2.05, 4.69) is 4.74 Å². The highest BCUT2D eigenvalue weighted by Crippen LogP contribution is 2.35. The van der Waals surface area contributed by atoms with Crippen LogP contribution in [0.1, 0.15) is 5.56 Å². The Hall–Kier alpha value is -3.46. The first-order valence-corrected chi connectivity index (χ1v) is 12.6. The molecule has 0 aromatic heterocycles. The Morgan fingerprint density at radius 2 is 1.60 bits per heavy atom. The van der Waals surface area contributed by atoms with Crippen LogP contribution in [0.3, 0.4) is 0 Å². The van der Waals surface area contributed by atoms with Crippen molar-refractivity contribution in [2.24, 2.45) is 0 Å². The van der Waals surface area contributed by atoms with Crippen molar-refractivity contribution in [1.82, 2.24) is 0 Å². The molecule has 35 heavy (non-hydrogen) atoms. The summed E-state index contributed by atoms with van der Waals surface area (Å²) in [6.45, 7) is 1.03. The molecule has 14 heteroatoms. The number of carbonyl (C=O) groups excluding carboxylic acids is 2. The van der Waals surface area contributed by atoms with Gasteiger partial charge in [0.15, 0.2) is 0 Å². The standard InChI is InChI=1S/C21H21NO11S2/c1-13-4-7-15(8-5-13)35(28,29)33-14-6-9-17(18(10-14)34(25,26)27)22-12-32-11-16(20(23)30-2)19(22)21(24)31-3/h4-10H,11-12H2,1-3H3,(H,25,26,27).